The molecule has 1 aliphatic carbocycles. The summed E-state index contributed by atoms with van der Waals surface area (Å²) in [6.07, 6.45) is 1.40. The number of nitrogens with zero attached hydrogens (tertiary/aromatic N) is 4. The maximum atomic E-state index is 13.0. The van der Waals surface area contributed by atoms with E-state index in [0.29, 0.717) is 34.2 Å². The second kappa shape index (κ2) is 7.05. The van der Waals surface area contributed by atoms with Gasteiger partial charge in [0.1, 0.15) is 0 Å². The number of aromatic nitrogens is 4. The lowest BCUT2D eigenvalue weighted by atomic mass is 10.1. The third-order valence-corrected chi connectivity index (χ3v) is 5.19. The maximum absolute atomic E-state index is 13.0. The molecule has 8 heteroatoms. The number of aryl methyl sites for hydroxylation is 2. The molecule has 8 nitrogen and oxygen atoms in total. The minimum atomic E-state index is -0.712. The first-order chi connectivity index (χ1) is 14.5. The molecule has 5 rings (SSSR count). The zero-order valence-corrected chi connectivity index (χ0v) is 16.9. The van der Waals surface area contributed by atoms with Gasteiger partial charge in [0.25, 0.3) is 11.6 Å². The molecule has 0 bridgehead atoms. The van der Waals surface area contributed by atoms with Crippen LogP contribution in [0.5, 0.6) is 0 Å². The Morgan fingerprint density at radius 1 is 1.20 bits per heavy atom. The van der Waals surface area contributed by atoms with Crippen molar-refractivity contribution in [2.45, 2.75) is 45.6 Å². The van der Waals surface area contributed by atoms with Crippen LogP contribution in [0.1, 0.15) is 65.0 Å². The van der Waals surface area contributed by atoms with Crippen LogP contribution in [0.15, 0.2) is 39.3 Å². The monoisotopic (exact) mass is 404 g/mol. The van der Waals surface area contributed by atoms with Crippen LogP contribution in [-0.2, 0) is 4.74 Å². The average molecular weight is 404 g/mol. The van der Waals surface area contributed by atoms with E-state index < -0.39 is 12.1 Å². The number of hydrogen-bond donors (Lipinski definition) is 0. The first-order valence-corrected chi connectivity index (χ1v) is 9.88. The van der Waals surface area contributed by atoms with E-state index in [0.717, 1.165) is 29.7 Å². The SMILES string of the molecule is Cc1cccc(-c2nnc([C@H](C)OC(=O)c3cc(C4CC4)nc4onc(C)c34)o2)c1. The van der Waals surface area contributed by atoms with E-state index in [1.807, 2.05) is 31.2 Å². The summed E-state index contributed by atoms with van der Waals surface area (Å²) in [6, 6.07) is 9.54. The Kier molecular flexibility index (Phi) is 4.34. The third-order valence-electron chi connectivity index (χ3n) is 5.19. The molecule has 0 radical (unpaired) electrons. The summed E-state index contributed by atoms with van der Waals surface area (Å²) in [5.74, 6) is 0.471. The number of benzene rings is 1. The number of carbonyl (C=O) groups is 1. The van der Waals surface area contributed by atoms with E-state index in [9.17, 15) is 4.79 Å². The van der Waals surface area contributed by atoms with E-state index in [1.54, 1.807) is 19.9 Å². The predicted octanol–water partition coefficient (Wildman–Crippen LogP) is 4.69. The highest BCUT2D eigenvalue weighted by molar-refractivity contribution is 6.03. The van der Waals surface area contributed by atoms with Gasteiger partial charge in [0.15, 0.2) is 6.10 Å². The van der Waals surface area contributed by atoms with Crippen LogP contribution in [0.25, 0.3) is 22.6 Å². The van der Waals surface area contributed by atoms with Crippen molar-refractivity contribution in [1.82, 2.24) is 20.3 Å². The number of fused-ring (bicyclic) bond motifs is 1. The molecule has 1 atom stereocenters. The molecule has 4 aromatic rings. The number of ether oxygens (including phenoxy) is 1. The zero-order valence-electron chi connectivity index (χ0n) is 16.9. The van der Waals surface area contributed by atoms with E-state index in [-0.39, 0.29) is 5.89 Å². The van der Waals surface area contributed by atoms with Gasteiger partial charge in [-0.05, 0) is 51.8 Å². The lowest BCUT2D eigenvalue weighted by Gasteiger charge is -2.11. The highest BCUT2D eigenvalue weighted by Gasteiger charge is 2.30. The summed E-state index contributed by atoms with van der Waals surface area (Å²) >= 11 is 0. The quantitative estimate of drug-likeness (QED) is 0.441. The topological polar surface area (TPSA) is 104 Å². The third kappa shape index (κ3) is 3.34. The summed E-state index contributed by atoms with van der Waals surface area (Å²) < 4.78 is 16.7. The molecule has 0 N–H and O–H groups in total. The Labute approximate surface area is 172 Å². The van der Waals surface area contributed by atoms with E-state index in [2.05, 4.69) is 20.3 Å². The van der Waals surface area contributed by atoms with E-state index in [1.165, 1.54) is 0 Å². The van der Waals surface area contributed by atoms with Gasteiger partial charge in [-0.15, -0.1) is 10.2 Å². The van der Waals surface area contributed by atoms with Crippen molar-refractivity contribution in [3.63, 3.8) is 0 Å². The number of hydrogen-bond acceptors (Lipinski definition) is 8. The minimum absolute atomic E-state index is 0.231. The molecule has 0 spiro atoms. The van der Waals surface area contributed by atoms with Crippen LogP contribution in [-0.4, -0.2) is 26.3 Å². The Morgan fingerprint density at radius 3 is 2.80 bits per heavy atom. The Hall–Kier alpha value is -3.55. The van der Waals surface area contributed by atoms with Gasteiger partial charge >= 0.3 is 5.97 Å². The van der Waals surface area contributed by atoms with Gasteiger partial charge in [-0.1, -0.05) is 22.9 Å². The van der Waals surface area contributed by atoms with Gasteiger partial charge in [0.05, 0.1) is 16.6 Å². The fourth-order valence-electron chi connectivity index (χ4n) is 3.43. The molecule has 0 amide bonds. The van der Waals surface area contributed by atoms with Crippen molar-refractivity contribution in [2.75, 3.05) is 0 Å². The molecular formula is C22H20N4O4. The number of carbonyl (C=O) groups excluding carboxylic acids is 1. The van der Waals surface area contributed by atoms with Crippen LogP contribution in [0.2, 0.25) is 0 Å². The molecule has 0 aliphatic heterocycles. The highest BCUT2D eigenvalue weighted by atomic mass is 16.6. The first kappa shape index (κ1) is 18.5. The first-order valence-electron chi connectivity index (χ1n) is 9.88. The number of pyridine rings is 1. The maximum Gasteiger partial charge on any atom is 0.339 e. The van der Waals surface area contributed by atoms with Crippen LogP contribution < -0.4 is 0 Å². The normalized spacial score (nSPS) is 14.8. The molecule has 1 aromatic carbocycles. The summed E-state index contributed by atoms with van der Waals surface area (Å²) in [4.78, 5) is 17.5. The lowest BCUT2D eigenvalue weighted by Crippen LogP contribution is -2.11. The number of esters is 1. The largest absolute Gasteiger partial charge is 0.449 e. The highest BCUT2D eigenvalue weighted by Crippen LogP contribution is 2.40. The van der Waals surface area contributed by atoms with Gasteiger partial charge < -0.3 is 13.7 Å². The second-order valence-corrected chi connectivity index (χ2v) is 7.68. The summed E-state index contributed by atoms with van der Waals surface area (Å²) in [5.41, 5.74) is 4.08. The van der Waals surface area contributed by atoms with Crippen molar-refractivity contribution in [3.05, 3.63) is 58.7 Å². The van der Waals surface area contributed by atoms with Crippen molar-refractivity contribution in [1.29, 1.82) is 0 Å². The molecule has 3 heterocycles. The molecule has 30 heavy (non-hydrogen) atoms. The van der Waals surface area contributed by atoms with Crippen molar-refractivity contribution in [3.8, 4) is 11.5 Å². The Balaban J connectivity index is 1.41. The Bertz CT molecular complexity index is 1260. The van der Waals surface area contributed by atoms with Gasteiger partial charge in [-0.3, -0.25) is 0 Å². The van der Waals surface area contributed by atoms with Crippen LogP contribution in [0.3, 0.4) is 0 Å². The van der Waals surface area contributed by atoms with Gasteiger partial charge in [0, 0.05) is 17.2 Å². The zero-order chi connectivity index (χ0) is 20.8. The summed E-state index contributed by atoms with van der Waals surface area (Å²) in [6.45, 7) is 5.46. The minimum Gasteiger partial charge on any atom is -0.449 e. The molecule has 152 valence electrons. The van der Waals surface area contributed by atoms with Gasteiger partial charge in [-0.2, -0.15) is 0 Å². The molecule has 0 unspecified atom stereocenters. The lowest BCUT2D eigenvalue weighted by molar-refractivity contribution is 0.0282. The van der Waals surface area contributed by atoms with Crippen molar-refractivity contribution < 1.29 is 18.5 Å². The van der Waals surface area contributed by atoms with Crippen molar-refractivity contribution >= 4 is 17.1 Å². The molecule has 1 aliphatic rings. The van der Waals surface area contributed by atoms with Crippen LogP contribution >= 0.6 is 0 Å². The Morgan fingerprint density at radius 2 is 2.03 bits per heavy atom. The van der Waals surface area contributed by atoms with Crippen LogP contribution in [0.4, 0.5) is 0 Å². The summed E-state index contributed by atoms with van der Waals surface area (Å²) in [7, 11) is 0. The summed E-state index contributed by atoms with van der Waals surface area (Å²) in [5, 5.41) is 12.7. The standard InChI is InChI=1S/C22H20N4O4/c1-11-5-4-6-15(9-11)20-25-24-19(29-20)13(3)28-22(27)16-10-17(14-7-8-14)23-21-18(16)12(2)26-30-21/h4-6,9-10,13-14H,7-8H2,1-3H3/t13-/m0/s1. The fourth-order valence-corrected chi connectivity index (χ4v) is 3.43. The molecule has 1 fully saturated rings. The fraction of sp³-hybridized carbons (Fsp3) is 0.318. The smallest absolute Gasteiger partial charge is 0.339 e. The molecule has 0 saturated heterocycles. The number of rotatable bonds is 5. The molecular weight excluding hydrogens is 384 g/mol. The second-order valence-electron chi connectivity index (χ2n) is 7.68. The van der Waals surface area contributed by atoms with E-state index >= 15 is 0 Å². The van der Waals surface area contributed by atoms with Crippen LogP contribution in [0, 0.1) is 13.8 Å². The van der Waals surface area contributed by atoms with Crippen molar-refractivity contribution in [2.24, 2.45) is 0 Å². The molecule has 1 saturated carbocycles. The van der Waals surface area contributed by atoms with E-state index in [4.69, 9.17) is 13.7 Å². The predicted molar refractivity (Wildman–Crippen MR) is 107 cm³/mol. The van der Waals surface area contributed by atoms with Gasteiger partial charge in [0.2, 0.25) is 5.89 Å². The van der Waals surface area contributed by atoms with Gasteiger partial charge in [-0.25, -0.2) is 9.78 Å². The molecule has 3 aromatic heterocycles. The average Bonchev–Trinajstić information content (AvgIpc) is 3.34.